The normalized spacial score (nSPS) is 16.2. The monoisotopic (exact) mass is 465 g/mol. The Hall–Kier alpha value is -3.42. The molecular formula is C24H15ClFN2O3S-. The predicted octanol–water partition coefficient (Wildman–Crippen LogP) is 4.65. The Labute approximate surface area is 192 Å². The van der Waals surface area contributed by atoms with E-state index in [1.807, 2.05) is 18.2 Å². The van der Waals surface area contributed by atoms with Gasteiger partial charge in [-0.05, 0) is 53.2 Å². The number of thioether (sulfide) groups is 1. The summed E-state index contributed by atoms with van der Waals surface area (Å²) in [5, 5.41) is 11.6. The van der Waals surface area contributed by atoms with Gasteiger partial charge in [0.2, 0.25) is 0 Å². The highest BCUT2D eigenvalue weighted by Crippen LogP contribution is 2.36. The van der Waals surface area contributed by atoms with Gasteiger partial charge >= 0.3 is 0 Å². The van der Waals surface area contributed by atoms with E-state index in [1.165, 1.54) is 35.2 Å². The minimum atomic E-state index is -1.28. The molecule has 8 heteroatoms. The fraction of sp³-hybridized carbons (Fsp3) is 0.0417. The van der Waals surface area contributed by atoms with Crippen LogP contribution in [-0.4, -0.2) is 21.9 Å². The number of hydrogen-bond acceptors (Lipinski definition) is 5. The number of benzene rings is 3. The molecule has 4 rings (SSSR count). The second-order valence-electron chi connectivity index (χ2n) is 6.85. The number of amidine groups is 1. The van der Waals surface area contributed by atoms with Gasteiger partial charge < -0.3 is 9.90 Å². The Morgan fingerprint density at radius 3 is 2.44 bits per heavy atom. The van der Waals surface area contributed by atoms with Crippen LogP contribution in [0.5, 0.6) is 0 Å². The molecule has 32 heavy (non-hydrogen) atoms. The lowest BCUT2D eigenvalue weighted by molar-refractivity contribution is -0.255. The van der Waals surface area contributed by atoms with Crippen LogP contribution in [-0.2, 0) is 11.3 Å². The van der Waals surface area contributed by atoms with Crippen molar-refractivity contribution in [3.63, 3.8) is 0 Å². The first-order valence-electron chi connectivity index (χ1n) is 9.52. The number of rotatable bonds is 5. The third-order valence-corrected chi connectivity index (χ3v) is 6.01. The molecule has 0 aromatic heterocycles. The molecule has 1 aliphatic rings. The van der Waals surface area contributed by atoms with E-state index in [-0.39, 0.29) is 33.5 Å². The molecule has 5 nitrogen and oxygen atoms in total. The SMILES string of the molecule is O=C([O-])c1ccc(CN2C(=O)/C(=C\c3c(F)cccc3Cl)SC2=Nc2ccccc2)cc1. The van der Waals surface area contributed by atoms with E-state index < -0.39 is 11.8 Å². The average molecular weight is 466 g/mol. The molecule has 1 heterocycles. The van der Waals surface area contributed by atoms with Crippen molar-refractivity contribution in [1.29, 1.82) is 0 Å². The zero-order valence-corrected chi connectivity index (χ0v) is 18.1. The first kappa shape index (κ1) is 21.8. The van der Waals surface area contributed by atoms with Gasteiger partial charge in [0.15, 0.2) is 5.17 Å². The topological polar surface area (TPSA) is 72.8 Å². The van der Waals surface area contributed by atoms with Crippen LogP contribution in [0.25, 0.3) is 6.08 Å². The largest absolute Gasteiger partial charge is 0.545 e. The second kappa shape index (κ2) is 9.38. The van der Waals surface area contributed by atoms with Crippen LogP contribution >= 0.6 is 23.4 Å². The predicted molar refractivity (Wildman–Crippen MR) is 122 cm³/mol. The summed E-state index contributed by atoms with van der Waals surface area (Å²) in [7, 11) is 0. The molecule has 0 radical (unpaired) electrons. The highest BCUT2D eigenvalue weighted by Gasteiger charge is 2.34. The molecule has 1 saturated heterocycles. The molecule has 0 aliphatic carbocycles. The van der Waals surface area contributed by atoms with Crippen LogP contribution in [0, 0.1) is 5.82 Å². The maximum absolute atomic E-state index is 14.3. The third-order valence-electron chi connectivity index (χ3n) is 4.67. The zero-order chi connectivity index (χ0) is 22.7. The molecule has 1 fully saturated rings. The Balaban J connectivity index is 1.71. The van der Waals surface area contributed by atoms with Crippen LogP contribution in [0.1, 0.15) is 21.5 Å². The number of carbonyl (C=O) groups is 2. The van der Waals surface area contributed by atoms with E-state index in [2.05, 4.69) is 4.99 Å². The molecule has 0 bridgehead atoms. The van der Waals surface area contributed by atoms with Crippen molar-refractivity contribution in [1.82, 2.24) is 4.90 Å². The van der Waals surface area contributed by atoms with Crippen molar-refractivity contribution >= 4 is 52.2 Å². The fourth-order valence-electron chi connectivity index (χ4n) is 3.05. The average Bonchev–Trinajstić information content (AvgIpc) is 3.06. The number of carboxylic acids is 1. The molecule has 0 spiro atoms. The van der Waals surface area contributed by atoms with Crippen molar-refractivity contribution in [2.24, 2.45) is 4.99 Å². The van der Waals surface area contributed by atoms with Gasteiger partial charge in [-0.25, -0.2) is 9.38 Å². The van der Waals surface area contributed by atoms with Gasteiger partial charge in [-0.3, -0.25) is 9.69 Å². The van der Waals surface area contributed by atoms with E-state index in [4.69, 9.17) is 11.6 Å². The highest BCUT2D eigenvalue weighted by atomic mass is 35.5. The number of carboxylic acid groups (broad SMARTS) is 1. The van der Waals surface area contributed by atoms with Crippen LogP contribution in [0.3, 0.4) is 0 Å². The molecule has 3 aromatic rings. The van der Waals surface area contributed by atoms with Gasteiger partial charge in [0.1, 0.15) is 5.82 Å². The lowest BCUT2D eigenvalue weighted by Gasteiger charge is -2.16. The van der Waals surface area contributed by atoms with Crippen molar-refractivity contribution in [3.05, 3.63) is 105 Å². The molecular weight excluding hydrogens is 451 g/mol. The Morgan fingerprint density at radius 2 is 1.78 bits per heavy atom. The Kier molecular flexibility index (Phi) is 6.39. The summed E-state index contributed by atoms with van der Waals surface area (Å²) < 4.78 is 14.3. The first-order chi connectivity index (χ1) is 15.4. The molecule has 0 unspecified atom stereocenters. The zero-order valence-electron chi connectivity index (χ0n) is 16.5. The van der Waals surface area contributed by atoms with E-state index in [0.717, 1.165) is 11.8 Å². The molecule has 0 N–H and O–H groups in total. The fourth-order valence-corrected chi connectivity index (χ4v) is 4.25. The Morgan fingerprint density at radius 1 is 1.06 bits per heavy atom. The number of aliphatic imine (C=N–C) groups is 1. The maximum atomic E-state index is 14.3. The summed E-state index contributed by atoms with van der Waals surface area (Å²) >= 11 is 7.25. The summed E-state index contributed by atoms with van der Waals surface area (Å²) in [6, 6.07) is 19.5. The van der Waals surface area contributed by atoms with Crippen LogP contribution in [0.4, 0.5) is 10.1 Å². The molecule has 0 saturated carbocycles. The molecule has 1 aliphatic heterocycles. The first-order valence-corrected chi connectivity index (χ1v) is 10.7. The van der Waals surface area contributed by atoms with Crippen LogP contribution < -0.4 is 5.11 Å². The molecule has 160 valence electrons. The maximum Gasteiger partial charge on any atom is 0.267 e. The summed E-state index contributed by atoms with van der Waals surface area (Å²) in [5.41, 5.74) is 1.54. The lowest BCUT2D eigenvalue weighted by atomic mass is 10.1. The molecule has 0 atom stereocenters. The Bertz CT molecular complexity index is 1220. The van der Waals surface area contributed by atoms with Gasteiger partial charge in [-0.15, -0.1) is 0 Å². The van der Waals surface area contributed by atoms with Crippen LogP contribution in [0.2, 0.25) is 5.02 Å². The molecule has 1 amide bonds. The smallest absolute Gasteiger partial charge is 0.267 e. The number of para-hydroxylation sites is 1. The van der Waals surface area contributed by atoms with Gasteiger partial charge in [-0.1, -0.05) is 60.1 Å². The summed E-state index contributed by atoms with van der Waals surface area (Å²) in [6.07, 6.45) is 1.42. The number of amides is 1. The minimum absolute atomic E-state index is 0.0452. The quantitative estimate of drug-likeness (QED) is 0.514. The van der Waals surface area contributed by atoms with E-state index in [0.29, 0.717) is 16.4 Å². The minimum Gasteiger partial charge on any atom is -0.545 e. The van der Waals surface area contributed by atoms with Crippen molar-refractivity contribution < 1.29 is 19.1 Å². The summed E-state index contributed by atoms with van der Waals surface area (Å²) in [5.74, 6) is -2.16. The highest BCUT2D eigenvalue weighted by molar-refractivity contribution is 8.18. The van der Waals surface area contributed by atoms with Gasteiger partial charge in [0, 0.05) is 5.56 Å². The van der Waals surface area contributed by atoms with Crippen molar-refractivity contribution in [3.8, 4) is 0 Å². The summed E-state index contributed by atoms with van der Waals surface area (Å²) in [6.45, 7) is 0.160. The van der Waals surface area contributed by atoms with Gasteiger partial charge in [0.05, 0.1) is 28.1 Å². The number of halogens is 2. The third kappa shape index (κ3) is 4.74. The number of hydrogen-bond donors (Lipinski definition) is 0. The standard InChI is InChI=1S/C24H16ClFN2O3S/c25-19-7-4-8-20(26)18(19)13-21-22(29)28(14-15-9-11-16(12-10-15)23(30)31)24(32-21)27-17-5-2-1-3-6-17/h1-13H,14H2,(H,30,31)/p-1/b21-13+,27-24?. The van der Waals surface area contributed by atoms with Crippen LogP contribution in [0.15, 0.2) is 82.7 Å². The van der Waals surface area contributed by atoms with Gasteiger partial charge in [0.25, 0.3) is 5.91 Å². The van der Waals surface area contributed by atoms with E-state index >= 15 is 0 Å². The number of aromatic carboxylic acids is 1. The molecule has 3 aromatic carbocycles. The number of nitrogens with zero attached hydrogens (tertiary/aromatic N) is 2. The lowest BCUT2D eigenvalue weighted by Crippen LogP contribution is -2.28. The van der Waals surface area contributed by atoms with E-state index in [1.54, 1.807) is 30.3 Å². The second-order valence-corrected chi connectivity index (χ2v) is 8.27. The van der Waals surface area contributed by atoms with E-state index in [9.17, 15) is 19.1 Å². The summed E-state index contributed by atoms with van der Waals surface area (Å²) in [4.78, 5) is 30.5. The van der Waals surface area contributed by atoms with Crippen molar-refractivity contribution in [2.75, 3.05) is 0 Å². The van der Waals surface area contributed by atoms with Crippen molar-refractivity contribution in [2.45, 2.75) is 6.54 Å². The number of carbonyl (C=O) groups excluding carboxylic acids is 2. The van der Waals surface area contributed by atoms with Gasteiger partial charge in [-0.2, -0.15) is 0 Å².